The van der Waals surface area contributed by atoms with Crippen molar-refractivity contribution < 1.29 is 4.74 Å². The molecule has 4 heteroatoms. The minimum Gasteiger partial charge on any atom is -0.359 e. The van der Waals surface area contributed by atoms with Crippen molar-refractivity contribution in [2.24, 2.45) is 0 Å². The van der Waals surface area contributed by atoms with Gasteiger partial charge in [0.15, 0.2) is 0 Å². The Balaban J connectivity index is 1.42. The molecule has 0 amide bonds. The second-order valence-corrected chi connectivity index (χ2v) is 6.28. The predicted molar refractivity (Wildman–Crippen MR) is 103 cm³/mol. The van der Waals surface area contributed by atoms with Gasteiger partial charge >= 0.3 is 0 Å². The standard InChI is InChI=1S/C22H21N3O/c1-3-9-18(10-4-1)20(19-11-5-2-6-12-19)15-16-26-17-25-22-14-8-7-13-21(22)23-24-25/h1-14,20H,15-17H2. The van der Waals surface area contributed by atoms with Gasteiger partial charge in [-0.05, 0) is 29.7 Å². The van der Waals surface area contributed by atoms with Crippen LogP contribution in [0.15, 0.2) is 84.9 Å². The Bertz CT molecular complexity index is 911. The molecule has 0 aliphatic rings. The van der Waals surface area contributed by atoms with Crippen LogP contribution in [0.5, 0.6) is 0 Å². The average Bonchev–Trinajstić information content (AvgIpc) is 3.12. The molecule has 0 spiro atoms. The highest BCUT2D eigenvalue weighted by Gasteiger charge is 2.13. The number of hydrogen-bond donors (Lipinski definition) is 0. The van der Waals surface area contributed by atoms with E-state index < -0.39 is 0 Å². The molecule has 1 heterocycles. The topological polar surface area (TPSA) is 39.9 Å². The summed E-state index contributed by atoms with van der Waals surface area (Å²) in [5.74, 6) is 0.324. The van der Waals surface area contributed by atoms with Gasteiger partial charge in [-0.15, -0.1) is 5.10 Å². The van der Waals surface area contributed by atoms with Gasteiger partial charge in [0, 0.05) is 12.5 Å². The summed E-state index contributed by atoms with van der Waals surface area (Å²) in [6.45, 7) is 1.07. The largest absolute Gasteiger partial charge is 0.359 e. The van der Waals surface area contributed by atoms with Crippen LogP contribution >= 0.6 is 0 Å². The summed E-state index contributed by atoms with van der Waals surface area (Å²) in [6.07, 6.45) is 0.917. The SMILES string of the molecule is c1ccc(C(CCOCn2nnc3ccccc32)c2ccccc2)cc1. The fourth-order valence-electron chi connectivity index (χ4n) is 3.26. The third-order valence-electron chi connectivity index (χ3n) is 4.59. The van der Waals surface area contributed by atoms with Crippen molar-refractivity contribution in [3.8, 4) is 0 Å². The summed E-state index contributed by atoms with van der Waals surface area (Å²) in [6, 6.07) is 29.1. The number of para-hydroxylation sites is 1. The van der Waals surface area contributed by atoms with E-state index in [-0.39, 0.29) is 0 Å². The van der Waals surface area contributed by atoms with Crippen LogP contribution in [0.3, 0.4) is 0 Å². The van der Waals surface area contributed by atoms with E-state index in [0.717, 1.165) is 17.5 Å². The molecule has 0 radical (unpaired) electrons. The molecule has 3 aromatic carbocycles. The van der Waals surface area contributed by atoms with E-state index in [2.05, 4.69) is 71.0 Å². The van der Waals surface area contributed by atoms with Crippen LogP contribution in [0.1, 0.15) is 23.5 Å². The van der Waals surface area contributed by atoms with Crippen molar-refractivity contribution in [1.29, 1.82) is 0 Å². The van der Waals surface area contributed by atoms with Crippen molar-refractivity contribution in [2.45, 2.75) is 19.1 Å². The quantitative estimate of drug-likeness (QED) is 0.459. The lowest BCUT2D eigenvalue weighted by molar-refractivity contribution is 0.0669. The van der Waals surface area contributed by atoms with Crippen molar-refractivity contribution in [3.63, 3.8) is 0 Å². The number of nitrogens with zero attached hydrogens (tertiary/aromatic N) is 3. The van der Waals surface area contributed by atoms with Crippen LogP contribution in [-0.4, -0.2) is 21.6 Å². The van der Waals surface area contributed by atoms with Gasteiger partial charge in [-0.2, -0.15) is 0 Å². The lowest BCUT2D eigenvalue weighted by Crippen LogP contribution is -2.09. The Labute approximate surface area is 153 Å². The van der Waals surface area contributed by atoms with Gasteiger partial charge in [-0.1, -0.05) is 78.0 Å². The molecule has 4 nitrogen and oxygen atoms in total. The van der Waals surface area contributed by atoms with Crippen molar-refractivity contribution in [3.05, 3.63) is 96.1 Å². The molecule has 0 saturated carbocycles. The fraction of sp³-hybridized carbons (Fsp3) is 0.182. The number of hydrogen-bond acceptors (Lipinski definition) is 3. The Hall–Kier alpha value is -2.98. The summed E-state index contributed by atoms with van der Waals surface area (Å²) in [7, 11) is 0. The molecule has 0 unspecified atom stereocenters. The zero-order valence-corrected chi connectivity index (χ0v) is 14.5. The molecular formula is C22H21N3O. The fourth-order valence-corrected chi connectivity index (χ4v) is 3.26. The lowest BCUT2D eigenvalue weighted by atomic mass is 9.89. The van der Waals surface area contributed by atoms with Crippen molar-refractivity contribution in [1.82, 2.24) is 15.0 Å². The normalized spacial score (nSPS) is 11.3. The maximum atomic E-state index is 5.92. The third-order valence-corrected chi connectivity index (χ3v) is 4.59. The van der Waals surface area contributed by atoms with Gasteiger partial charge in [0.25, 0.3) is 0 Å². The monoisotopic (exact) mass is 343 g/mol. The Morgan fingerprint density at radius 2 is 1.38 bits per heavy atom. The van der Waals surface area contributed by atoms with E-state index in [1.807, 2.05) is 24.3 Å². The maximum Gasteiger partial charge on any atom is 0.141 e. The van der Waals surface area contributed by atoms with E-state index in [0.29, 0.717) is 19.3 Å². The maximum absolute atomic E-state index is 5.92. The average molecular weight is 343 g/mol. The van der Waals surface area contributed by atoms with E-state index >= 15 is 0 Å². The van der Waals surface area contributed by atoms with Crippen LogP contribution in [0, 0.1) is 0 Å². The molecule has 130 valence electrons. The highest BCUT2D eigenvalue weighted by atomic mass is 16.5. The molecule has 0 fully saturated rings. The summed E-state index contributed by atoms with van der Waals surface area (Å²) in [5, 5.41) is 8.33. The van der Waals surface area contributed by atoms with Gasteiger partial charge in [0.2, 0.25) is 0 Å². The first-order valence-corrected chi connectivity index (χ1v) is 8.88. The smallest absolute Gasteiger partial charge is 0.141 e. The molecule has 0 atom stereocenters. The second-order valence-electron chi connectivity index (χ2n) is 6.28. The van der Waals surface area contributed by atoms with E-state index in [4.69, 9.17) is 4.74 Å². The van der Waals surface area contributed by atoms with Crippen LogP contribution in [0.2, 0.25) is 0 Å². The third kappa shape index (κ3) is 3.65. The molecule has 4 aromatic rings. The lowest BCUT2D eigenvalue weighted by Gasteiger charge is -2.18. The highest BCUT2D eigenvalue weighted by molar-refractivity contribution is 5.73. The molecule has 26 heavy (non-hydrogen) atoms. The number of rotatable bonds is 7. The summed E-state index contributed by atoms with van der Waals surface area (Å²) in [4.78, 5) is 0. The number of fused-ring (bicyclic) bond motifs is 1. The Morgan fingerprint density at radius 1 is 0.769 bits per heavy atom. The van der Waals surface area contributed by atoms with Gasteiger partial charge < -0.3 is 4.74 Å². The molecular weight excluding hydrogens is 322 g/mol. The number of ether oxygens (including phenoxy) is 1. The summed E-state index contributed by atoms with van der Waals surface area (Å²) in [5.41, 5.74) is 4.51. The summed E-state index contributed by atoms with van der Waals surface area (Å²) >= 11 is 0. The number of benzene rings is 3. The Kier molecular flexibility index (Phi) is 5.03. The molecule has 0 aliphatic carbocycles. The van der Waals surface area contributed by atoms with E-state index in [1.165, 1.54) is 11.1 Å². The van der Waals surface area contributed by atoms with Gasteiger partial charge in [0.1, 0.15) is 12.2 Å². The minimum absolute atomic E-state index is 0.324. The highest BCUT2D eigenvalue weighted by Crippen LogP contribution is 2.27. The second kappa shape index (κ2) is 7.93. The number of aromatic nitrogens is 3. The zero-order valence-electron chi connectivity index (χ0n) is 14.5. The van der Waals surface area contributed by atoms with Gasteiger partial charge in [0.05, 0.1) is 5.52 Å². The molecule has 4 rings (SSSR count). The molecule has 0 bridgehead atoms. The minimum atomic E-state index is 0.324. The van der Waals surface area contributed by atoms with Crippen molar-refractivity contribution >= 4 is 11.0 Å². The van der Waals surface area contributed by atoms with Crippen molar-refractivity contribution in [2.75, 3.05) is 6.61 Å². The summed E-state index contributed by atoms with van der Waals surface area (Å²) < 4.78 is 7.72. The van der Waals surface area contributed by atoms with Gasteiger partial charge in [-0.25, -0.2) is 4.68 Å². The molecule has 0 N–H and O–H groups in total. The molecule has 0 saturated heterocycles. The first-order valence-electron chi connectivity index (χ1n) is 8.88. The molecule has 1 aromatic heterocycles. The van der Waals surface area contributed by atoms with E-state index in [9.17, 15) is 0 Å². The van der Waals surface area contributed by atoms with Crippen LogP contribution < -0.4 is 0 Å². The predicted octanol–water partition coefficient (Wildman–Crippen LogP) is 4.63. The van der Waals surface area contributed by atoms with Crippen LogP contribution in [-0.2, 0) is 11.5 Å². The van der Waals surface area contributed by atoms with Gasteiger partial charge in [-0.3, -0.25) is 0 Å². The zero-order chi connectivity index (χ0) is 17.6. The van der Waals surface area contributed by atoms with Crippen LogP contribution in [0.4, 0.5) is 0 Å². The van der Waals surface area contributed by atoms with Crippen LogP contribution in [0.25, 0.3) is 11.0 Å². The molecule has 0 aliphatic heterocycles. The first-order chi connectivity index (χ1) is 12.9. The van der Waals surface area contributed by atoms with E-state index in [1.54, 1.807) is 4.68 Å². The first kappa shape index (κ1) is 16.5. The Morgan fingerprint density at radius 3 is 2.08 bits per heavy atom.